The lowest BCUT2D eigenvalue weighted by molar-refractivity contribution is -0.131. The monoisotopic (exact) mass is 304 g/mol. The highest BCUT2D eigenvalue weighted by Crippen LogP contribution is 2.35. The Morgan fingerprint density at radius 2 is 1.86 bits per heavy atom. The van der Waals surface area contributed by atoms with E-state index in [4.69, 9.17) is 15.2 Å². The van der Waals surface area contributed by atoms with E-state index in [1.807, 2.05) is 23.1 Å². The van der Waals surface area contributed by atoms with E-state index in [1.165, 1.54) is 12.8 Å². The molecule has 5 nitrogen and oxygen atoms in total. The van der Waals surface area contributed by atoms with E-state index in [0.29, 0.717) is 13.0 Å². The first-order chi connectivity index (χ1) is 10.8. The Bertz CT molecular complexity index is 525. The van der Waals surface area contributed by atoms with Crippen molar-refractivity contribution in [3.63, 3.8) is 0 Å². The lowest BCUT2D eigenvalue weighted by Gasteiger charge is -2.23. The normalized spacial score (nSPS) is 18.9. The highest BCUT2D eigenvalue weighted by Gasteiger charge is 2.22. The minimum Gasteiger partial charge on any atom is -0.454 e. The highest BCUT2D eigenvalue weighted by molar-refractivity contribution is 5.77. The summed E-state index contributed by atoms with van der Waals surface area (Å²) in [6.45, 7) is 2.49. The van der Waals surface area contributed by atoms with Gasteiger partial charge in [0.1, 0.15) is 0 Å². The molecule has 5 heteroatoms. The molecule has 22 heavy (non-hydrogen) atoms. The number of ether oxygens (including phenoxy) is 2. The summed E-state index contributed by atoms with van der Waals surface area (Å²) in [5, 5.41) is 0. The number of likely N-dealkylation sites (tertiary alicyclic amines) is 1. The van der Waals surface area contributed by atoms with Gasteiger partial charge in [0, 0.05) is 25.4 Å². The fourth-order valence-corrected chi connectivity index (χ4v) is 3.16. The third-order valence-corrected chi connectivity index (χ3v) is 4.53. The molecule has 2 aliphatic heterocycles. The van der Waals surface area contributed by atoms with Gasteiger partial charge in [0.25, 0.3) is 0 Å². The molecule has 0 spiro atoms. The SMILES string of the molecule is NCC(CC(=O)N1CCCCCC1)c1ccc2c(c1)OCO2. The molecule has 1 aromatic rings. The maximum absolute atomic E-state index is 12.5. The zero-order valence-corrected chi connectivity index (χ0v) is 12.9. The maximum atomic E-state index is 12.5. The van der Waals surface area contributed by atoms with Gasteiger partial charge in [-0.1, -0.05) is 18.9 Å². The topological polar surface area (TPSA) is 64.8 Å². The van der Waals surface area contributed by atoms with Crippen molar-refractivity contribution in [3.05, 3.63) is 23.8 Å². The summed E-state index contributed by atoms with van der Waals surface area (Å²) in [5.74, 6) is 1.76. The van der Waals surface area contributed by atoms with E-state index >= 15 is 0 Å². The van der Waals surface area contributed by atoms with E-state index in [0.717, 1.165) is 43.0 Å². The number of fused-ring (bicyclic) bond motifs is 1. The standard InChI is InChI=1S/C17H24N2O3/c18-11-14(10-17(20)19-7-3-1-2-4-8-19)13-5-6-15-16(9-13)22-12-21-15/h5-6,9,14H,1-4,7-8,10-12,18H2. The predicted molar refractivity (Wildman–Crippen MR) is 84.0 cm³/mol. The molecule has 0 bridgehead atoms. The van der Waals surface area contributed by atoms with Crippen molar-refractivity contribution >= 4 is 5.91 Å². The number of amides is 1. The number of hydrogen-bond donors (Lipinski definition) is 1. The molecule has 3 rings (SSSR count). The summed E-state index contributed by atoms with van der Waals surface area (Å²) in [6, 6.07) is 5.84. The van der Waals surface area contributed by atoms with Gasteiger partial charge in [-0.15, -0.1) is 0 Å². The Morgan fingerprint density at radius 3 is 2.59 bits per heavy atom. The summed E-state index contributed by atoms with van der Waals surface area (Å²) in [6.07, 6.45) is 5.15. The highest BCUT2D eigenvalue weighted by atomic mass is 16.7. The third kappa shape index (κ3) is 3.35. The van der Waals surface area contributed by atoms with E-state index in [9.17, 15) is 4.79 Å². The van der Waals surface area contributed by atoms with Crippen molar-refractivity contribution in [3.8, 4) is 11.5 Å². The van der Waals surface area contributed by atoms with Gasteiger partial charge in [-0.05, 0) is 37.1 Å². The minimum atomic E-state index is 0.0326. The molecule has 2 aliphatic rings. The molecule has 1 atom stereocenters. The second kappa shape index (κ2) is 7.01. The molecule has 1 unspecified atom stereocenters. The molecule has 1 amide bonds. The summed E-state index contributed by atoms with van der Waals surface area (Å²) in [5.41, 5.74) is 6.97. The summed E-state index contributed by atoms with van der Waals surface area (Å²) >= 11 is 0. The average molecular weight is 304 g/mol. The zero-order chi connectivity index (χ0) is 15.4. The molecule has 1 saturated heterocycles. The molecule has 1 aromatic carbocycles. The smallest absolute Gasteiger partial charge is 0.231 e. The molecule has 1 fully saturated rings. The van der Waals surface area contributed by atoms with Crippen LogP contribution in [0.5, 0.6) is 11.5 Å². The molecule has 0 aromatic heterocycles. The van der Waals surface area contributed by atoms with Gasteiger partial charge in [0.05, 0.1) is 0 Å². The van der Waals surface area contributed by atoms with Crippen LogP contribution in [-0.2, 0) is 4.79 Å². The quantitative estimate of drug-likeness (QED) is 0.926. The van der Waals surface area contributed by atoms with Crippen molar-refractivity contribution in [1.82, 2.24) is 4.90 Å². The molecule has 2 N–H and O–H groups in total. The summed E-state index contributed by atoms with van der Waals surface area (Å²) in [7, 11) is 0. The first-order valence-corrected chi connectivity index (χ1v) is 8.15. The number of carbonyl (C=O) groups is 1. The Balaban J connectivity index is 1.67. The third-order valence-electron chi connectivity index (χ3n) is 4.53. The van der Waals surface area contributed by atoms with Gasteiger partial charge in [-0.25, -0.2) is 0 Å². The Morgan fingerprint density at radius 1 is 1.14 bits per heavy atom. The molecule has 0 radical (unpaired) electrons. The van der Waals surface area contributed by atoms with Crippen LogP contribution < -0.4 is 15.2 Å². The van der Waals surface area contributed by atoms with Crippen molar-refractivity contribution in [2.45, 2.75) is 38.0 Å². The largest absolute Gasteiger partial charge is 0.454 e. The predicted octanol–water partition coefficient (Wildman–Crippen LogP) is 2.25. The van der Waals surface area contributed by atoms with Crippen LogP contribution in [0.4, 0.5) is 0 Å². The Kier molecular flexibility index (Phi) is 4.83. The van der Waals surface area contributed by atoms with Crippen LogP contribution in [-0.4, -0.2) is 37.2 Å². The number of nitrogens with zero attached hydrogens (tertiary/aromatic N) is 1. The second-order valence-electron chi connectivity index (χ2n) is 6.04. The zero-order valence-electron chi connectivity index (χ0n) is 12.9. The molecule has 0 saturated carbocycles. The molecule has 120 valence electrons. The van der Waals surface area contributed by atoms with Gasteiger partial charge < -0.3 is 20.1 Å². The number of carbonyl (C=O) groups excluding carboxylic acids is 1. The number of rotatable bonds is 4. The van der Waals surface area contributed by atoms with Crippen LogP contribution >= 0.6 is 0 Å². The van der Waals surface area contributed by atoms with Crippen LogP contribution in [0.2, 0.25) is 0 Å². The van der Waals surface area contributed by atoms with Crippen molar-refractivity contribution < 1.29 is 14.3 Å². The number of benzene rings is 1. The first kappa shape index (κ1) is 15.2. The van der Waals surface area contributed by atoms with Gasteiger partial charge in [0.2, 0.25) is 12.7 Å². The fraction of sp³-hybridized carbons (Fsp3) is 0.588. The van der Waals surface area contributed by atoms with Gasteiger partial charge >= 0.3 is 0 Å². The summed E-state index contributed by atoms with van der Waals surface area (Å²) < 4.78 is 10.7. The minimum absolute atomic E-state index is 0.0326. The van der Waals surface area contributed by atoms with E-state index in [2.05, 4.69) is 0 Å². The lowest BCUT2D eigenvalue weighted by Crippen LogP contribution is -2.33. The molecule has 0 aliphatic carbocycles. The number of nitrogens with two attached hydrogens (primary N) is 1. The van der Waals surface area contributed by atoms with Crippen LogP contribution in [0.3, 0.4) is 0 Å². The van der Waals surface area contributed by atoms with Crippen LogP contribution in [0.15, 0.2) is 18.2 Å². The first-order valence-electron chi connectivity index (χ1n) is 8.15. The van der Waals surface area contributed by atoms with Crippen molar-refractivity contribution in [2.75, 3.05) is 26.4 Å². The molecular formula is C17H24N2O3. The van der Waals surface area contributed by atoms with Crippen LogP contribution in [0.25, 0.3) is 0 Å². The lowest BCUT2D eigenvalue weighted by atomic mass is 9.94. The number of hydrogen-bond acceptors (Lipinski definition) is 4. The second-order valence-corrected chi connectivity index (χ2v) is 6.04. The van der Waals surface area contributed by atoms with Gasteiger partial charge in [0.15, 0.2) is 11.5 Å². The van der Waals surface area contributed by atoms with Gasteiger partial charge in [-0.3, -0.25) is 4.79 Å². The Labute approximate surface area is 131 Å². The summed E-state index contributed by atoms with van der Waals surface area (Å²) in [4.78, 5) is 14.5. The maximum Gasteiger partial charge on any atom is 0.231 e. The van der Waals surface area contributed by atoms with Gasteiger partial charge in [-0.2, -0.15) is 0 Å². The van der Waals surface area contributed by atoms with E-state index in [-0.39, 0.29) is 18.6 Å². The fourth-order valence-electron chi connectivity index (χ4n) is 3.16. The average Bonchev–Trinajstić information content (AvgIpc) is 2.83. The Hall–Kier alpha value is -1.75. The van der Waals surface area contributed by atoms with E-state index < -0.39 is 0 Å². The van der Waals surface area contributed by atoms with Crippen LogP contribution in [0, 0.1) is 0 Å². The molecule has 2 heterocycles. The van der Waals surface area contributed by atoms with Crippen LogP contribution in [0.1, 0.15) is 43.6 Å². The van der Waals surface area contributed by atoms with Crippen molar-refractivity contribution in [1.29, 1.82) is 0 Å². The van der Waals surface area contributed by atoms with Crippen molar-refractivity contribution in [2.24, 2.45) is 5.73 Å². The molecular weight excluding hydrogens is 280 g/mol. The van der Waals surface area contributed by atoms with E-state index in [1.54, 1.807) is 0 Å².